The average Bonchev–Trinajstić information content (AvgIpc) is 3.02. The Balaban J connectivity index is 1.93. The molecular formula is C13H21N3O2S. The molecule has 1 saturated carbocycles. The average molecular weight is 283 g/mol. The highest BCUT2D eigenvalue weighted by atomic mass is 32.2. The maximum atomic E-state index is 10.6. The van der Waals surface area contributed by atoms with E-state index in [2.05, 4.69) is 10.2 Å². The Bertz CT molecular complexity index is 428. The fourth-order valence-corrected chi connectivity index (χ4v) is 3.43. The molecule has 19 heavy (non-hydrogen) atoms. The number of aliphatic carboxylic acids is 1. The lowest BCUT2D eigenvalue weighted by atomic mass is 10.0. The van der Waals surface area contributed by atoms with Gasteiger partial charge in [0.25, 0.3) is 0 Å². The number of hydrogen-bond donors (Lipinski definition) is 1. The van der Waals surface area contributed by atoms with Gasteiger partial charge >= 0.3 is 5.97 Å². The second-order valence-electron chi connectivity index (χ2n) is 5.01. The van der Waals surface area contributed by atoms with E-state index in [0.29, 0.717) is 0 Å². The SMILES string of the molecule is CCn1c(CCC2CCCC2)nnc1SCC(=O)O. The Kier molecular flexibility index (Phi) is 5.24. The highest BCUT2D eigenvalue weighted by Gasteiger charge is 2.17. The monoisotopic (exact) mass is 283 g/mol. The summed E-state index contributed by atoms with van der Waals surface area (Å²) in [6.45, 7) is 2.85. The minimum atomic E-state index is -0.817. The maximum Gasteiger partial charge on any atom is 0.313 e. The molecule has 0 aromatic carbocycles. The Labute approximate surface area is 117 Å². The number of aryl methyl sites for hydroxylation is 1. The molecule has 0 radical (unpaired) electrons. The van der Waals surface area contributed by atoms with E-state index in [4.69, 9.17) is 5.11 Å². The first kappa shape index (κ1) is 14.4. The Morgan fingerprint density at radius 2 is 2.16 bits per heavy atom. The molecule has 106 valence electrons. The molecule has 0 aliphatic heterocycles. The van der Waals surface area contributed by atoms with Crippen LogP contribution in [0.5, 0.6) is 0 Å². The molecule has 0 amide bonds. The molecular weight excluding hydrogens is 262 g/mol. The molecule has 5 nitrogen and oxygen atoms in total. The molecule has 6 heteroatoms. The summed E-state index contributed by atoms with van der Waals surface area (Å²) >= 11 is 1.25. The number of thioether (sulfide) groups is 1. The number of hydrogen-bond acceptors (Lipinski definition) is 4. The van der Waals surface area contributed by atoms with Crippen LogP contribution in [0.1, 0.15) is 44.9 Å². The highest BCUT2D eigenvalue weighted by Crippen LogP contribution is 2.29. The van der Waals surface area contributed by atoms with E-state index < -0.39 is 5.97 Å². The van der Waals surface area contributed by atoms with Crippen molar-refractivity contribution in [1.29, 1.82) is 0 Å². The summed E-state index contributed by atoms with van der Waals surface area (Å²) in [4.78, 5) is 10.6. The summed E-state index contributed by atoms with van der Waals surface area (Å²) in [5.41, 5.74) is 0. The zero-order valence-electron chi connectivity index (χ0n) is 11.3. The van der Waals surface area contributed by atoms with Gasteiger partial charge < -0.3 is 9.67 Å². The number of carboxylic acid groups (broad SMARTS) is 1. The largest absolute Gasteiger partial charge is 0.481 e. The second-order valence-corrected chi connectivity index (χ2v) is 5.96. The van der Waals surface area contributed by atoms with Gasteiger partial charge in [-0.15, -0.1) is 10.2 Å². The van der Waals surface area contributed by atoms with Crippen molar-refractivity contribution in [3.8, 4) is 0 Å². The summed E-state index contributed by atoms with van der Waals surface area (Å²) < 4.78 is 2.04. The third-order valence-electron chi connectivity index (χ3n) is 3.69. The van der Waals surface area contributed by atoms with Gasteiger partial charge in [0.05, 0.1) is 5.75 Å². The van der Waals surface area contributed by atoms with Gasteiger partial charge in [0.1, 0.15) is 5.82 Å². The molecule has 1 aromatic heterocycles. The lowest BCUT2D eigenvalue weighted by Gasteiger charge is -2.09. The van der Waals surface area contributed by atoms with Crippen molar-refractivity contribution < 1.29 is 9.90 Å². The van der Waals surface area contributed by atoms with Crippen LogP contribution in [0.4, 0.5) is 0 Å². The van der Waals surface area contributed by atoms with E-state index in [1.807, 2.05) is 11.5 Å². The Hall–Kier alpha value is -1.04. The molecule has 0 bridgehead atoms. The van der Waals surface area contributed by atoms with Crippen LogP contribution in [-0.4, -0.2) is 31.6 Å². The lowest BCUT2D eigenvalue weighted by Crippen LogP contribution is -2.07. The van der Waals surface area contributed by atoms with Gasteiger partial charge in [-0.2, -0.15) is 0 Å². The van der Waals surface area contributed by atoms with E-state index in [1.54, 1.807) is 0 Å². The quantitative estimate of drug-likeness (QED) is 0.779. The van der Waals surface area contributed by atoms with Gasteiger partial charge in [0, 0.05) is 13.0 Å². The van der Waals surface area contributed by atoms with E-state index in [-0.39, 0.29) is 5.75 Å². The van der Waals surface area contributed by atoms with Gasteiger partial charge in [0.15, 0.2) is 5.16 Å². The molecule has 1 fully saturated rings. The summed E-state index contributed by atoms with van der Waals surface area (Å²) in [6.07, 6.45) is 7.57. The van der Waals surface area contributed by atoms with Crippen molar-refractivity contribution in [3.05, 3.63) is 5.82 Å². The topological polar surface area (TPSA) is 68.0 Å². The van der Waals surface area contributed by atoms with E-state index in [1.165, 1.54) is 43.9 Å². The molecule has 1 heterocycles. The number of rotatable bonds is 7. The van der Waals surface area contributed by atoms with Crippen LogP contribution in [-0.2, 0) is 17.8 Å². The van der Waals surface area contributed by atoms with Crippen molar-refractivity contribution in [3.63, 3.8) is 0 Å². The molecule has 0 unspecified atom stereocenters. The molecule has 2 rings (SSSR count). The standard InChI is InChI=1S/C13H21N3O2S/c1-2-16-11(8-7-10-5-3-4-6-10)14-15-13(16)19-9-12(17)18/h10H,2-9H2,1H3,(H,17,18). The third-order valence-corrected chi connectivity index (χ3v) is 4.64. The summed E-state index contributed by atoms with van der Waals surface area (Å²) in [6, 6.07) is 0. The molecule has 1 N–H and O–H groups in total. The molecule has 0 spiro atoms. The van der Waals surface area contributed by atoms with Crippen molar-refractivity contribution in [2.45, 2.75) is 57.1 Å². The minimum Gasteiger partial charge on any atom is -0.481 e. The smallest absolute Gasteiger partial charge is 0.313 e. The third kappa shape index (κ3) is 3.96. The van der Waals surface area contributed by atoms with Gasteiger partial charge in [-0.1, -0.05) is 37.4 Å². The summed E-state index contributed by atoms with van der Waals surface area (Å²) in [7, 11) is 0. The van der Waals surface area contributed by atoms with Gasteiger partial charge in [0.2, 0.25) is 0 Å². The first-order chi connectivity index (χ1) is 9.20. The van der Waals surface area contributed by atoms with Crippen LogP contribution < -0.4 is 0 Å². The van der Waals surface area contributed by atoms with Crippen molar-refractivity contribution in [1.82, 2.24) is 14.8 Å². The Morgan fingerprint density at radius 1 is 1.42 bits per heavy atom. The first-order valence-electron chi connectivity index (χ1n) is 6.97. The Morgan fingerprint density at radius 3 is 2.79 bits per heavy atom. The van der Waals surface area contributed by atoms with E-state index in [9.17, 15) is 4.79 Å². The fraction of sp³-hybridized carbons (Fsp3) is 0.769. The molecule has 0 atom stereocenters. The number of carbonyl (C=O) groups is 1. The number of aromatic nitrogens is 3. The van der Waals surface area contributed by atoms with Gasteiger partial charge in [-0.25, -0.2) is 0 Å². The number of carboxylic acids is 1. The van der Waals surface area contributed by atoms with Crippen LogP contribution >= 0.6 is 11.8 Å². The molecule has 0 saturated heterocycles. The fourth-order valence-electron chi connectivity index (χ4n) is 2.69. The summed E-state index contributed by atoms with van der Waals surface area (Å²) in [5.74, 6) is 1.07. The normalized spacial score (nSPS) is 16.1. The lowest BCUT2D eigenvalue weighted by molar-refractivity contribution is -0.133. The van der Waals surface area contributed by atoms with Crippen LogP contribution in [0, 0.1) is 5.92 Å². The van der Waals surface area contributed by atoms with Crippen LogP contribution in [0.15, 0.2) is 5.16 Å². The first-order valence-corrected chi connectivity index (χ1v) is 7.96. The zero-order valence-corrected chi connectivity index (χ0v) is 12.2. The van der Waals surface area contributed by atoms with Crippen LogP contribution in [0.3, 0.4) is 0 Å². The van der Waals surface area contributed by atoms with Crippen LogP contribution in [0.2, 0.25) is 0 Å². The predicted octanol–water partition coefficient (Wildman–Crippen LogP) is 2.60. The summed E-state index contributed by atoms with van der Waals surface area (Å²) in [5, 5.41) is 17.8. The second kappa shape index (κ2) is 6.93. The predicted molar refractivity (Wildman–Crippen MR) is 74.3 cm³/mol. The molecule has 1 aliphatic carbocycles. The van der Waals surface area contributed by atoms with Crippen molar-refractivity contribution in [2.24, 2.45) is 5.92 Å². The van der Waals surface area contributed by atoms with Gasteiger partial charge in [-0.3, -0.25) is 4.79 Å². The minimum absolute atomic E-state index is 0.0424. The number of nitrogens with zero attached hydrogens (tertiary/aromatic N) is 3. The zero-order chi connectivity index (χ0) is 13.7. The van der Waals surface area contributed by atoms with Crippen molar-refractivity contribution >= 4 is 17.7 Å². The maximum absolute atomic E-state index is 10.6. The molecule has 1 aliphatic rings. The highest BCUT2D eigenvalue weighted by molar-refractivity contribution is 7.99. The van der Waals surface area contributed by atoms with Crippen LogP contribution in [0.25, 0.3) is 0 Å². The van der Waals surface area contributed by atoms with Crippen molar-refractivity contribution in [2.75, 3.05) is 5.75 Å². The van der Waals surface area contributed by atoms with E-state index in [0.717, 1.165) is 29.9 Å². The van der Waals surface area contributed by atoms with E-state index >= 15 is 0 Å². The van der Waals surface area contributed by atoms with Gasteiger partial charge in [-0.05, 0) is 19.3 Å². The molecule has 1 aromatic rings.